The molecule has 8 nitrogen and oxygen atoms in total. The van der Waals surface area contributed by atoms with E-state index in [0.29, 0.717) is 29.0 Å². The molecule has 194 valence electrons. The largest absolute Gasteiger partial charge is 0.505 e. The molecule has 3 aromatic rings. The number of nitrogens with zero attached hydrogens (tertiary/aromatic N) is 1. The summed E-state index contributed by atoms with van der Waals surface area (Å²) >= 11 is 6.42. The van der Waals surface area contributed by atoms with E-state index < -0.39 is 23.6 Å². The molecule has 0 radical (unpaired) electrons. The van der Waals surface area contributed by atoms with E-state index in [2.05, 4.69) is 10.6 Å². The minimum atomic E-state index is -1.08. The van der Waals surface area contributed by atoms with Crippen molar-refractivity contribution in [2.24, 2.45) is 0 Å². The van der Waals surface area contributed by atoms with Crippen LogP contribution in [0.1, 0.15) is 59.3 Å². The Bertz CT molecular complexity index is 1380. The zero-order valence-electron chi connectivity index (χ0n) is 20.8. The number of fused-ring (bicyclic) bond motifs is 1. The quantitative estimate of drug-likeness (QED) is 0.333. The number of carboxylic acid groups (broad SMARTS) is 1. The minimum Gasteiger partial charge on any atom is -0.505 e. The second kappa shape index (κ2) is 11.1. The van der Waals surface area contributed by atoms with Gasteiger partial charge in [0.1, 0.15) is 5.75 Å². The smallest absolute Gasteiger partial charge is 0.319 e. The highest BCUT2D eigenvalue weighted by atomic mass is 35.5. The van der Waals surface area contributed by atoms with Gasteiger partial charge in [-0.25, -0.2) is 4.79 Å². The number of aliphatic carboxylic acids is 1. The van der Waals surface area contributed by atoms with Crippen LogP contribution in [0.3, 0.4) is 0 Å². The Morgan fingerprint density at radius 2 is 1.86 bits per heavy atom. The van der Waals surface area contributed by atoms with E-state index in [9.17, 15) is 24.6 Å². The number of urea groups is 1. The summed E-state index contributed by atoms with van der Waals surface area (Å²) in [5.74, 6) is -1.33. The Hall–Kier alpha value is -3.78. The maximum Gasteiger partial charge on any atom is 0.319 e. The van der Waals surface area contributed by atoms with Gasteiger partial charge in [-0.1, -0.05) is 54.9 Å². The van der Waals surface area contributed by atoms with Crippen LogP contribution in [-0.4, -0.2) is 26.8 Å². The Kier molecular flexibility index (Phi) is 7.88. The van der Waals surface area contributed by atoms with Gasteiger partial charge in [-0.15, -0.1) is 0 Å². The fourth-order valence-corrected chi connectivity index (χ4v) is 5.10. The second-order valence-corrected chi connectivity index (χ2v) is 9.68. The highest BCUT2D eigenvalue weighted by Crippen LogP contribution is 2.34. The first-order chi connectivity index (χ1) is 17.7. The van der Waals surface area contributed by atoms with Crippen molar-refractivity contribution in [1.29, 1.82) is 0 Å². The fraction of sp³-hybridized carbons (Fsp3) is 0.321. The van der Waals surface area contributed by atoms with Gasteiger partial charge in [-0.05, 0) is 60.9 Å². The van der Waals surface area contributed by atoms with Crippen LogP contribution in [0.15, 0.2) is 47.3 Å². The van der Waals surface area contributed by atoms with E-state index in [-0.39, 0.29) is 24.4 Å². The number of halogens is 1. The normalized spacial score (nSPS) is 13.2. The number of rotatable bonds is 8. The molecular formula is C28H30ClN3O5. The van der Waals surface area contributed by atoms with Gasteiger partial charge in [0.25, 0.3) is 5.56 Å². The average Bonchev–Trinajstić information content (AvgIpc) is 3.35. The third-order valence-electron chi connectivity index (χ3n) is 6.88. The molecule has 0 aliphatic heterocycles. The average molecular weight is 524 g/mol. The molecular weight excluding hydrogens is 494 g/mol. The van der Waals surface area contributed by atoms with Gasteiger partial charge in [0.2, 0.25) is 0 Å². The minimum absolute atomic E-state index is 0.203. The van der Waals surface area contributed by atoms with Crippen LogP contribution >= 0.6 is 11.6 Å². The number of aromatic nitrogens is 1. The molecule has 1 aliphatic carbocycles. The van der Waals surface area contributed by atoms with Crippen LogP contribution in [0.4, 0.5) is 10.5 Å². The van der Waals surface area contributed by atoms with E-state index >= 15 is 0 Å². The summed E-state index contributed by atoms with van der Waals surface area (Å²) in [6, 6.07) is 11.2. The zero-order chi connectivity index (χ0) is 26.7. The highest BCUT2D eigenvalue weighted by Gasteiger charge is 2.27. The molecule has 0 spiro atoms. The molecule has 0 saturated carbocycles. The van der Waals surface area contributed by atoms with Crippen molar-refractivity contribution in [2.75, 3.05) is 5.32 Å². The molecule has 1 aliphatic rings. The van der Waals surface area contributed by atoms with Gasteiger partial charge in [0.15, 0.2) is 5.69 Å². The number of pyridine rings is 1. The van der Waals surface area contributed by atoms with Crippen molar-refractivity contribution in [1.82, 2.24) is 9.88 Å². The molecule has 1 atom stereocenters. The third kappa shape index (κ3) is 5.64. The summed E-state index contributed by atoms with van der Waals surface area (Å²) in [6.07, 6.45) is 2.46. The predicted molar refractivity (Wildman–Crippen MR) is 143 cm³/mol. The monoisotopic (exact) mass is 523 g/mol. The number of nitrogens with one attached hydrogen (secondary N) is 2. The molecule has 0 unspecified atom stereocenters. The Balaban J connectivity index is 1.65. The van der Waals surface area contributed by atoms with Crippen molar-refractivity contribution in [3.63, 3.8) is 0 Å². The SMILES string of the molecule is CCc1ccc([C@H](CC(=O)O)NC(=O)Nc2c(O)c3c(n(Cc4c(C)cccc4Cl)c2=O)CCC3)cc1. The van der Waals surface area contributed by atoms with Crippen molar-refractivity contribution in [2.45, 2.75) is 58.5 Å². The van der Waals surface area contributed by atoms with Gasteiger partial charge in [-0.2, -0.15) is 0 Å². The molecule has 0 fully saturated rings. The number of carboxylic acids is 1. The Labute approximate surface area is 219 Å². The number of aryl methyl sites for hydroxylation is 2. The van der Waals surface area contributed by atoms with Crippen LogP contribution in [0, 0.1) is 6.92 Å². The van der Waals surface area contributed by atoms with E-state index in [4.69, 9.17) is 11.6 Å². The molecule has 4 rings (SSSR count). The number of hydrogen-bond acceptors (Lipinski definition) is 4. The highest BCUT2D eigenvalue weighted by molar-refractivity contribution is 6.31. The topological polar surface area (TPSA) is 121 Å². The number of amides is 2. The summed E-state index contributed by atoms with van der Waals surface area (Å²) in [5.41, 5.74) is 3.99. The fourth-order valence-electron chi connectivity index (χ4n) is 4.82. The van der Waals surface area contributed by atoms with Crippen LogP contribution in [0.25, 0.3) is 0 Å². The van der Waals surface area contributed by atoms with Crippen molar-refractivity contribution >= 4 is 29.3 Å². The number of benzene rings is 2. The van der Waals surface area contributed by atoms with E-state index in [0.717, 1.165) is 35.2 Å². The molecule has 4 N–H and O–H groups in total. The first-order valence-electron chi connectivity index (χ1n) is 12.3. The summed E-state index contributed by atoms with van der Waals surface area (Å²) in [6.45, 7) is 4.13. The van der Waals surface area contributed by atoms with Gasteiger partial charge in [0, 0.05) is 16.3 Å². The molecule has 0 saturated heterocycles. The zero-order valence-corrected chi connectivity index (χ0v) is 21.6. The van der Waals surface area contributed by atoms with Crippen molar-refractivity contribution in [3.8, 4) is 5.75 Å². The Morgan fingerprint density at radius 3 is 2.51 bits per heavy atom. The van der Waals surface area contributed by atoms with Gasteiger partial charge in [-0.3, -0.25) is 9.59 Å². The van der Waals surface area contributed by atoms with Gasteiger partial charge >= 0.3 is 12.0 Å². The Morgan fingerprint density at radius 1 is 1.14 bits per heavy atom. The molecule has 37 heavy (non-hydrogen) atoms. The standard InChI is InChI=1S/C28H30ClN3O5/c1-3-17-10-12-18(13-11-17)22(14-24(33)34)30-28(37)31-25-26(35)19-7-5-9-23(19)32(27(25)36)15-20-16(2)6-4-8-21(20)29/h4,6,8,10-13,22,35H,3,5,7,9,14-15H2,1-2H3,(H,33,34)(H2,30,31,37)/t22-/m0/s1. The van der Waals surface area contributed by atoms with Crippen LogP contribution in [0.5, 0.6) is 5.75 Å². The first kappa shape index (κ1) is 26.3. The predicted octanol–water partition coefficient (Wildman–Crippen LogP) is 4.95. The van der Waals surface area contributed by atoms with Crippen molar-refractivity contribution < 1.29 is 19.8 Å². The number of carbonyl (C=O) groups is 2. The second-order valence-electron chi connectivity index (χ2n) is 9.27. The number of aromatic hydroxyl groups is 1. The lowest BCUT2D eigenvalue weighted by molar-refractivity contribution is -0.137. The van der Waals surface area contributed by atoms with E-state index in [1.165, 1.54) is 0 Å². The molecule has 9 heteroatoms. The maximum atomic E-state index is 13.5. The van der Waals surface area contributed by atoms with E-state index in [1.807, 2.05) is 38.1 Å². The summed E-state index contributed by atoms with van der Waals surface area (Å²) < 4.78 is 1.56. The lowest BCUT2D eigenvalue weighted by Crippen LogP contribution is -2.37. The maximum absolute atomic E-state index is 13.5. The molecule has 0 bridgehead atoms. The van der Waals surface area contributed by atoms with Crippen LogP contribution < -0.4 is 16.2 Å². The van der Waals surface area contributed by atoms with Crippen molar-refractivity contribution in [3.05, 3.63) is 91.4 Å². The lowest BCUT2D eigenvalue weighted by Gasteiger charge is -2.21. The molecule has 1 aromatic heterocycles. The molecule has 1 heterocycles. The number of hydrogen-bond donors (Lipinski definition) is 4. The summed E-state index contributed by atoms with van der Waals surface area (Å²) in [5, 5.41) is 26.0. The first-order valence-corrected chi connectivity index (χ1v) is 12.7. The molecule has 2 aromatic carbocycles. The van der Waals surface area contributed by atoms with Gasteiger partial charge < -0.3 is 25.4 Å². The number of carbonyl (C=O) groups excluding carboxylic acids is 1. The summed E-state index contributed by atoms with van der Waals surface area (Å²) in [4.78, 5) is 38.0. The third-order valence-corrected chi connectivity index (χ3v) is 7.23. The lowest BCUT2D eigenvalue weighted by atomic mass is 10.0. The van der Waals surface area contributed by atoms with Crippen LogP contribution in [-0.2, 0) is 30.6 Å². The van der Waals surface area contributed by atoms with E-state index in [1.54, 1.807) is 22.8 Å². The number of anilines is 1. The van der Waals surface area contributed by atoms with Crippen LogP contribution in [0.2, 0.25) is 5.02 Å². The molecule has 2 amide bonds. The van der Waals surface area contributed by atoms with Gasteiger partial charge in [0.05, 0.1) is 19.0 Å². The summed E-state index contributed by atoms with van der Waals surface area (Å²) in [7, 11) is 0.